The van der Waals surface area contributed by atoms with E-state index in [0.29, 0.717) is 5.56 Å². The number of aromatic nitrogens is 2. The lowest BCUT2D eigenvalue weighted by Crippen LogP contribution is -2.62. The van der Waals surface area contributed by atoms with Gasteiger partial charge in [0.1, 0.15) is 18.0 Å². The number of aliphatic hydroxyl groups excluding tert-OH is 1. The molecule has 2 aliphatic rings. The molecule has 2 heterocycles. The Hall–Kier alpha value is -4.62. The van der Waals surface area contributed by atoms with Gasteiger partial charge in [0.05, 0.1) is 26.3 Å². The Morgan fingerprint density at radius 3 is 2.06 bits per heavy atom. The molecule has 4 aromatic rings. The standard InChI is InChI=1S/C41H50N4O7Si/c1-27(2)53(28(3)4,29(5)6)51-26-41(25-46)24-44(40(49)50-23-35-33-18-12-10-16-31(33)32-17-11-13-19-34(32)35)22-37(52-41)45-21-20-36(43-39(45)48)42-38(47)30-14-8-7-9-15-30/h7-21,27-29,35,37,46H,22-26H2,1-6H3,(H,42,43,47,48)/t37-,41+/m1/s1. The molecule has 0 unspecified atom stereocenters. The van der Waals surface area contributed by atoms with Crippen molar-refractivity contribution in [2.45, 2.75) is 75.9 Å². The van der Waals surface area contributed by atoms with Crippen molar-refractivity contribution in [2.75, 3.05) is 38.2 Å². The molecule has 11 nitrogen and oxygen atoms in total. The monoisotopic (exact) mass is 738 g/mol. The van der Waals surface area contributed by atoms with Gasteiger partial charge in [0.25, 0.3) is 5.91 Å². The maximum absolute atomic E-state index is 14.1. The maximum Gasteiger partial charge on any atom is 0.410 e. The number of nitrogens with zero attached hydrogens (tertiary/aromatic N) is 3. The van der Waals surface area contributed by atoms with E-state index in [-0.39, 0.29) is 54.7 Å². The fraction of sp³-hybridized carbons (Fsp3) is 0.415. The summed E-state index contributed by atoms with van der Waals surface area (Å²) in [6, 6.07) is 26.4. The van der Waals surface area contributed by atoms with Crippen LogP contribution in [0.2, 0.25) is 16.6 Å². The van der Waals surface area contributed by atoms with Crippen LogP contribution in [0.5, 0.6) is 0 Å². The number of hydrogen-bond donors (Lipinski definition) is 2. The number of carbonyl (C=O) groups excluding carboxylic acids is 2. The number of benzene rings is 3. The minimum absolute atomic E-state index is 0.0111. The minimum atomic E-state index is -2.43. The second-order valence-electron chi connectivity index (χ2n) is 15.0. The molecule has 1 aliphatic heterocycles. The molecular formula is C41H50N4O7Si. The second kappa shape index (κ2) is 15.8. The summed E-state index contributed by atoms with van der Waals surface area (Å²) >= 11 is 0. The molecule has 12 heteroatoms. The summed E-state index contributed by atoms with van der Waals surface area (Å²) in [5.74, 6) is -0.480. The van der Waals surface area contributed by atoms with Gasteiger partial charge in [0.2, 0.25) is 0 Å². The molecule has 1 fully saturated rings. The number of carbonyl (C=O) groups is 2. The van der Waals surface area contributed by atoms with E-state index in [2.05, 4.69) is 76.1 Å². The number of ether oxygens (including phenoxy) is 2. The molecule has 0 spiro atoms. The normalized spacial score (nSPS) is 18.7. The first-order chi connectivity index (χ1) is 25.4. The molecule has 6 rings (SSSR count). The third-order valence-electron chi connectivity index (χ3n) is 10.8. The highest BCUT2D eigenvalue weighted by atomic mass is 28.4. The Morgan fingerprint density at radius 1 is 0.906 bits per heavy atom. The molecule has 1 aromatic heterocycles. The van der Waals surface area contributed by atoms with Crippen molar-refractivity contribution >= 4 is 26.1 Å². The van der Waals surface area contributed by atoms with Crippen molar-refractivity contribution in [3.63, 3.8) is 0 Å². The van der Waals surface area contributed by atoms with Crippen LogP contribution in [-0.4, -0.2) is 78.4 Å². The predicted octanol–water partition coefficient (Wildman–Crippen LogP) is 7.20. The largest absolute Gasteiger partial charge is 0.448 e. The molecule has 0 bridgehead atoms. The first kappa shape index (κ1) is 38.1. The fourth-order valence-corrected chi connectivity index (χ4v) is 13.9. The first-order valence-electron chi connectivity index (χ1n) is 18.4. The molecule has 0 radical (unpaired) electrons. The van der Waals surface area contributed by atoms with Crippen LogP contribution in [0.4, 0.5) is 10.6 Å². The van der Waals surface area contributed by atoms with Crippen molar-refractivity contribution in [2.24, 2.45) is 0 Å². The highest BCUT2D eigenvalue weighted by Gasteiger charge is 2.50. The van der Waals surface area contributed by atoms with Crippen LogP contribution in [0.15, 0.2) is 95.9 Å². The average molecular weight is 739 g/mol. The summed E-state index contributed by atoms with van der Waals surface area (Å²) in [5, 5.41) is 13.7. The lowest BCUT2D eigenvalue weighted by atomic mass is 9.98. The van der Waals surface area contributed by atoms with Gasteiger partial charge in [-0.25, -0.2) is 9.59 Å². The van der Waals surface area contributed by atoms with Gasteiger partial charge in [-0.15, -0.1) is 0 Å². The first-order valence-corrected chi connectivity index (χ1v) is 20.5. The second-order valence-corrected chi connectivity index (χ2v) is 20.5. The number of rotatable bonds is 12. The van der Waals surface area contributed by atoms with E-state index in [9.17, 15) is 19.5 Å². The smallest absolute Gasteiger partial charge is 0.410 e. The summed E-state index contributed by atoms with van der Waals surface area (Å²) in [6.07, 6.45) is -0.155. The number of aliphatic hydroxyl groups is 1. The Bertz CT molecular complexity index is 1920. The molecule has 2 atom stereocenters. The van der Waals surface area contributed by atoms with E-state index in [1.165, 1.54) is 21.7 Å². The van der Waals surface area contributed by atoms with Crippen LogP contribution >= 0.6 is 0 Å². The quantitative estimate of drug-likeness (QED) is 0.146. The lowest BCUT2D eigenvalue weighted by molar-refractivity contribution is -0.207. The van der Waals surface area contributed by atoms with Crippen LogP contribution in [0.25, 0.3) is 11.1 Å². The third kappa shape index (κ3) is 7.59. The molecule has 3 aromatic carbocycles. The number of nitrogens with one attached hydrogen (secondary N) is 1. The predicted molar refractivity (Wildman–Crippen MR) is 206 cm³/mol. The molecule has 53 heavy (non-hydrogen) atoms. The zero-order valence-electron chi connectivity index (χ0n) is 31.3. The summed E-state index contributed by atoms with van der Waals surface area (Å²) in [4.78, 5) is 46.0. The number of morpholine rings is 1. The fourth-order valence-electron chi connectivity index (χ4n) is 8.38. The van der Waals surface area contributed by atoms with E-state index in [0.717, 1.165) is 22.3 Å². The molecular weight excluding hydrogens is 689 g/mol. The van der Waals surface area contributed by atoms with Crippen molar-refractivity contribution < 1.29 is 28.6 Å². The number of anilines is 1. The van der Waals surface area contributed by atoms with E-state index in [4.69, 9.17) is 13.9 Å². The highest BCUT2D eigenvalue weighted by molar-refractivity contribution is 6.77. The molecule has 280 valence electrons. The van der Waals surface area contributed by atoms with E-state index < -0.39 is 44.4 Å². The third-order valence-corrected chi connectivity index (χ3v) is 16.9. The van der Waals surface area contributed by atoms with Crippen LogP contribution in [-0.2, 0) is 13.9 Å². The van der Waals surface area contributed by atoms with Crippen LogP contribution in [0.3, 0.4) is 0 Å². The topological polar surface area (TPSA) is 132 Å². The summed E-state index contributed by atoms with van der Waals surface area (Å²) in [6.45, 7) is 12.7. The molecule has 1 aliphatic carbocycles. The highest BCUT2D eigenvalue weighted by Crippen LogP contribution is 2.45. The average Bonchev–Trinajstić information content (AvgIpc) is 3.47. The van der Waals surface area contributed by atoms with Crippen molar-refractivity contribution in [1.82, 2.24) is 14.5 Å². The molecule has 0 saturated carbocycles. The minimum Gasteiger partial charge on any atom is -0.448 e. The molecule has 2 amide bonds. The molecule has 2 N–H and O–H groups in total. The lowest BCUT2D eigenvalue weighted by Gasteiger charge is -2.48. The van der Waals surface area contributed by atoms with Crippen molar-refractivity contribution in [1.29, 1.82) is 0 Å². The van der Waals surface area contributed by atoms with E-state index in [1.54, 1.807) is 30.3 Å². The summed E-state index contributed by atoms with van der Waals surface area (Å²) in [5.41, 5.74) is 3.57. The number of hydrogen-bond acceptors (Lipinski definition) is 8. The Morgan fingerprint density at radius 2 is 1.49 bits per heavy atom. The van der Waals surface area contributed by atoms with Gasteiger partial charge in [-0.05, 0) is 57.1 Å². The number of amides is 2. The summed E-state index contributed by atoms with van der Waals surface area (Å²) < 4.78 is 20.9. The van der Waals surface area contributed by atoms with E-state index in [1.807, 2.05) is 24.3 Å². The van der Waals surface area contributed by atoms with Gasteiger partial charge < -0.3 is 29.2 Å². The van der Waals surface area contributed by atoms with Gasteiger partial charge in [-0.1, -0.05) is 108 Å². The Balaban J connectivity index is 1.28. The number of fused-ring (bicyclic) bond motifs is 3. The van der Waals surface area contributed by atoms with Crippen LogP contribution in [0, 0.1) is 0 Å². The maximum atomic E-state index is 14.1. The zero-order chi connectivity index (χ0) is 37.9. The van der Waals surface area contributed by atoms with Gasteiger partial charge >= 0.3 is 11.8 Å². The zero-order valence-corrected chi connectivity index (χ0v) is 32.3. The van der Waals surface area contributed by atoms with Crippen LogP contribution in [0.1, 0.15) is 75.2 Å². The Kier molecular flexibility index (Phi) is 11.3. The van der Waals surface area contributed by atoms with Gasteiger partial charge in [-0.3, -0.25) is 9.36 Å². The van der Waals surface area contributed by atoms with Gasteiger partial charge in [-0.2, -0.15) is 4.98 Å². The molecule has 1 saturated heterocycles. The van der Waals surface area contributed by atoms with Crippen LogP contribution < -0.4 is 11.0 Å². The summed E-state index contributed by atoms with van der Waals surface area (Å²) in [7, 11) is -2.43. The SMILES string of the molecule is CC(C)[Si](OC[C@@]1(CO)CN(C(=O)OCC2c3ccccc3-c3ccccc32)C[C@H](n2ccc(NC(=O)c3ccccc3)nc2=O)O1)(C(C)C)C(C)C. The van der Waals surface area contributed by atoms with Gasteiger partial charge in [0, 0.05) is 17.7 Å². The Labute approximate surface area is 312 Å². The van der Waals surface area contributed by atoms with Crippen molar-refractivity contribution in [3.8, 4) is 11.1 Å². The van der Waals surface area contributed by atoms with Crippen molar-refractivity contribution in [3.05, 3.63) is 118 Å². The van der Waals surface area contributed by atoms with E-state index >= 15 is 0 Å². The van der Waals surface area contributed by atoms with Gasteiger partial charge in [0.15, 0.2) is 14.5 Å².